The number of aromatic nitrogens is 4. The van der Waals surface area contributed by atoms with Crippen LogP contribution in [0.25, 0.3) is 0 Å². The number of hydrogen-bond acceptors (Lipinski definition) is 6. The van der Waals surface area contributed by atoms with Crippen LogP contribution in [0.5, 0.6) is 0 Å². The van der Waals surface area contributed by atoms with E-state index < -0.39 is 0 Å². The van der Waals surface area contributed by atoms with Crippen LogP contribution in [-0.4, -0.2) is 59.2 Å². The number of aryl methyl sites for hydroxylation is 1. The van der Waals surface area contributed by atoms with Gasteiger partial charge in [-0.3, -0.25) is 9.78 Å². The fraction of sp³-hybridized carbons (Fsp3) is 0.529. The lowest BCUT2D eigenvalue weighted by molar-refractivity contribution is 0.0937. The molecule has 134 valence electrons. The van der Waals surface area contributed by atoms with E-state index >= 15 is 0 Å². The molecule has 1 unspecified atom stereocenters. The first-order chi connectivity index (χ1) is 12.0. The van der Waals surface area contributed by atoms with Gasteiger partial charge in [0.2, 0.25) is 0 Å². The van der Waals surface area contributed by atoms with E-state index in [0.29, 0.717) is 18.2 Å². The molecule has 1 amide bonds. The number of nitrogens with one attached hydrogen (secondary N) is 1. The van der Waals surface area contributed by atoms with Crippen LogP contribution in [0.3, 0.4) is 0 Å². The van der Waals surface area contributed by atoms with Crippen LogP contribution in [0, 0.1) is 5.92 Å². The van der Waals surface area contributed by atoms with Crippen LogP contribution in [0.2, 0.25) is 0 Å². The molecule has 0 bridgehead atoms. The van der Waals surface area contributed by atoms with E-state index in [1.165, 1.54) is 0 Å². The zero-order valence-corrected chi connectivity index (χ0v) is 15.0. The highest BCUT2D eigenvalue weighted by molar-refractivity contribution is 5.92. The van der Waals surface area contributed by atoms with Gasteiger partial charge in [0.15, 0.2) is 0 Å². The van der Waals surface area contributed by atoms with Crippen molar-refractivity contribution >= 4 is 17.5 Å². The zero-order chi connectivity index (χ0) is 17.8. The summed E-state index contributed by atoms with van der Waals surface area (Å²) in [5.41, 5.74) is 0.581. The van der Waals surface area contributed by atoms with Gasteiger partial charge in [-0.25, -0.2) is 9.97 Å². The maximum Gasteiger partial charge on any atom is 0.269 e. The highest BCUT2D eigenvalue weighted by Crippen LogP contribution is 2.22. The fourth-order valence-electron chi connectivity index (χ4n) is 3.06. The topological polar surface area (TPSA) is 79.2 Å². The van der Waals surface area contributed by atoms with Crippen LogP contribution >= 0.6 is 0 Å². The Morgan fingerprint density at radius 3 is 2.88 bits per heavy atom. The Balaban J connectivity index is 1.59. The average Bonchev–Trinajstić information content (AvgIpc) is 3.06. The van der Waals surface area contributed by atoms with E-state index in [4.69, 9.17) is 0 Å². The van der Waals surface area contributed by atoms with Gasteiger partial charge in [0, 0.05) is 40.8 Å². The number of nitrogens with zero attached hydrogens (tertiary/aromatic N) is 6. The van der Waals surface area contributed by atoms with E-state index in [0.717, 1.165) is 37.6 Å². The van der Waals surface area contributed by atoms with Crippen LogP contribution in [0.1, 0.15) is 23.3 Å². The monoisotopic (exact) mass is 343 g/mol. The molecule has 25 heavy (non-hydrogen) atoms. The highest BCUT2D eigenvalue weighted by atomic mass is 16.1. The third-order valence-corrected chi connectivity index (χ3v) is 4.51. The van der Waals surface area contributed by atoms with Crippen molar-refractivity contribution in [2.24, 2.45) is 13.0 Å². The third-order valence-electron chi connectivity index (χ3n) is 4.51. The minimum atomic E-state index is -0.0773. The molecule has 1 aliphatic heterocycles. The van der Waals surface area contributed by atoms with Gasteiger partial charge in [0.1, 0.15) is 17.3 Å². The van der Waals surface area contributed by atoms with E-state index in [-0.39, 0.29) is 5.91 Å². The number of carbonyl (C=O) groups is 1. The van der Waals surface area contributed by atoms with Crippen LogP contribution in [0.15, 0.2) is 24.9 Å². The minimum Gasteiger partial charge on any atom is -0.361 e. The molecule has 0 aliphatic carbocycles. The van der Waals surface area contributed by atoms with Crippen molar-refractivity contribution in [2.75, 3.05) is 43.5 Å². The first-order valence-corrected chi connectivity index (χ1v) is 8.53. The second kappa shape index (κ2) is 7.50. The molecule has 0 aromatic carbocycles. The molecule has 2 aromatic rings. The maximum absolute atomic E-state index is 12.2. The summed E-state index contributed by atoms with van der Waals surface area (Å²) in [7, 11) is 5.74. The highest BCUT2D eigenvalue weighted by Gasteiger charge is 2.22. The molecule has 8 heteroatoms. The Labute approximate surface area is 147 Å². The summed E-state index contributed by atoms with van der Waals surface area (Å²) in [5, 5.41) is 3.03. The van der Waals surface area contributed by atoms with E-state index in [2.05, 4.69) is 25.2 Å². The van der Waals surface area contributed by atoms with Crippen LogP contribution < -0.4 is 15.1 Å². The van der Waals surface area contributed by atoms with E-state index in [1.54, 1.807) is 23.3 Å². The lowest BCUT2D eigenvalue weighted by atomic mass is 9.98. The summed E-state index contributed by atoms with van der Waals surface area (Å²) in [6.07, 6.45) is 8.98. The molecule has 2 aromatic heterocycles. The quantitative estimate of drug-likeness (QED) is 0.870. The largest absolute Gasteiger partial charge is 0.361 e. The smallest absolute Gasteiger partial charge is 0.269 e. The van der Waals surface area contributed by atoms with Gasteiger partial charge in [-0.05, 0) is 18.8 Å². The second-order valence-corrected chi connectivity index (χ2v) is 6.68. The van der Waals surface area contributed by atoms with E-state index in [9.17, 15) is 4.79 Å². The normalized spacial score (nSPS) is 17.4. The molecule has 0 saturated carbocycles. The number of rotatable bonds is 5. The molecule has 1 fully saturated rings. The molecule has 8 nitrogen and oxygen atoms in total. The Hall–Kier alpha value is -2.64. The fourth-order valence-corrected chi connectivity index (χ4v) is 3.06. The molecule has 3 heterocycles. The molecule has 1 N–H and O–H groups in total. The third kappa shape index (κ3) is 4.07. The van der Waals surface area contributed by atoms with E-state index in [1.807, 2.05) is 32.2 Å². The predicted octanol–water partition coefficient (Wildman–Crippen LogP) is 0.922. The number of piperidine rings is 1. The predicted molar refractivity (Wildman–Crippen MR) is 96.8 cm³/mol. The summed E-state index contributed by atoms with van der Waals surface area (Å²) in [4.78, 5) is 29.4. The van der Waals surface area contributed by atoms with Gasteiger partial charge in [0.25, 0.3) is 5.91 Å². The number of carbonyl (C=O) groups excluding carboxylic acids is 1. The second-order valence-electron chi connectivity index (χ2n) is 6.68. The van der Waals surface area contributed by atoms with Crippen LogP contribution in [0.4, 0.5) is 11.6 Å². The van der Waals surface area contributed by atoms with Crippen molar-refractivity contribution in [3.63, 3.8) is 0 Å². The first-order valence-electron chi connectivity index (χ1n) is 8.53. The Morgan fingerprint density at radius 1 is 1.32 bits per heavy atom. The first kappa shape index (κ1) is 17.2. The zero-order valence-electron chi connectivity index (χ0n) is 15.0. The van der Waals surface area contributed by atoms with Crippen LogP contribution in [-0.2, 0) is 7.05 Å². The minimum absolute atomic E-state index is 0.0773. The lowest BCUT2D eigenvalue weighted by Gasteiger charge is -2.33. The number of amides is 1. The Morgan fingerprint density at radius 2 is 2.16 bits per heavy atom. The van der Waals surface area contributed by atoms with Gasteiger partial charge in [-0.2, -0.15) is 0 Å². The summed E-state index contributed by atoms with van der Waals surface area (Å²) >= 11 is 0. The van der Waals surface area contributed by atoms with Crippen molar-refractivity contribution in [3.8, 4) is 0 Å². The van der Waals surface area contributed by atoms with Crippen molar-refractivity contribution < 1.29 is 4.79 Å². The molecule has 1 saturated heterocycles. The van der Waals surface area contributed by atoms with Gasteiger partial charge in [-0.15, -0.1) is 0 Å². The van der Waals surface area contributed by atoms with Gasteiger partial charge < -0.3 is 19.7 Å². The number of hydrogen-bond donors (Lipinski definition) is 1. The summed E-state index contributed by atoms with van der Waals surface area (Å²) in [5.74, 6) is 2.07. The molecular formula is C17H25N7O. The summed E-state index contributed by atoms with van der Waals surface area (Å²) < 4.78 is 1.73. The molecule has 1 atom stereocenters. The lowest BCUT2D eigenvalue weighted by Crippen LogP contribution is -2.41. The molecule has 1 aliphatic rings. The van der Waals surface area contributed by atoms with Crippen molar-refractivity contribution in [2.45, 2.75) is 12.8 Å². The molecule has 0 radical (unpaired) electrons. The van der Waals surface area contributed by atoms with Crippen molar-refractivity contribution in [1.29, 1.82) is 0 Å². The summed E-state index contributed by atoms with van der Waals surface area (Å²) in [6, 6.07) is 0. The van der Waals surface area contributed by atoms with Gasteiger partial charge in [-0.1, -0.05) is 0 Å². The van der Waals surface area contributed by atoms with Crippen molar-refractivity contribution in [3.05, 3.63) is 30.6 Å². The molecular weight excluding hydrogens is 318 g/mol. The number of imidazole rings is 1. The SMILES string of the molecule is CN(C)c1cncc(N2CCCC(CNC(=O)c3cncn3C)C2)n1. The average molecular weight is 343 g/mol. The Kier molecular flexibility index (Phi) is 5.16. The molecule has 3 rings (SSSR count). The van der Waals surface area contributed by atoms with Gasteiger partial charge in [0.05, 0.1) is 24.9 Å². The number of anilines is 2. The van der Waals surface area contributed by atoms with Crippen molar-refractivity contribution in [1.82, 2.24) is 24.8 Å². The summed E-state index contributed by atoms with van der Waals surface area (Å²) in [6.45, 7) is 2.50. The Bertz CT molecular complexity index is 727. The molecule has 0 spiro atoms. The van der Waals surface area contributed by atoms with Gasteiger partial charge >= 0.3 is 0 Å². The standard InChI is InChI=1S/C17H25N7O/c1-22(2)15-9-18-10-16(21-15)24-6-4-5-13(11-24)7-20-17(25)14-8-19-12-23(14)3/h8-10,12-13H,4-7,11H2,1-3H3,(H,20,25). The maximum atomic E-state index is 12.2.